The summed E-state index contributed by atoms with van der Waals surface area (Å²) < 4.78 is 36.4. The Morgan fingerprint density at radius 1 is 1.33 bits per heavy atom. The molecule has 0 radical (unpaired) electrons. The van der Waals surface area contributed by atoms with Crippen LogP contribution < -0.4 is 10.6 Å². The number of halogens is 4. The molecule has 0 saturated heterocycles. The molecule has 1 aromatic rings. The number of nitrogens with zero attached hydrogens (tertiary/aromatic N) is 2. The average molecular weight is 327 g/mol. The largest absolute Gasteiger partial charge is 0.389 e. The minimum atomic E-state index is -4.07. The number of hydrogen-bond donors (Lipinski definition) is 2. The van der Waals surface area contributed by atoms with Gasteiger partial charge in [0.15, 0.2) is 0 Å². The number of alkyl halides is 3. The fraction of sp³-hybridized carbons (Fsp3) is 0.600. The molecule has 0 bridgehead atoms. The van der Waals surface area contributed by atoms with E-state index >= 15 is 0 Å². The Hall–Kier alpha value is -1.05. The van der Waals surface area contributed by atoms with Gasteiger partial charge in [-0.15, -0.1) is 0 Å². The van der Waals surface area contributed by atoms with Gasteiger partial charge in [0.2, 0.25) is 5.95 Å². The lowest BCUT2D eigenvalue weighted by atomic mass is 10.2. The second kappa shape index (κ2) is 6.77. The van der Waals surface area contributed by atoms with Gasteiger partial charge < -0.3 is 10.6 Å². The van der Waals surface area contributed by atoms with Gasteiger partial charge in [0.1, 0.15) is 5.82 Å². The molecule has 102 valence electrons. The number of unbranched alkanes of at least 4 members (excludes halogenated alkanes) is 1. The van der Waals surface area contributed by atoms with Crippen molar-refractivity contribution in [2.75, 3.05) is 24.2 Å². The quantitative estimate of drug-likeness (QED) is 0.786. The maximum Gasteiger partial charge on any atom is 0.389 e. The predicted molar refractivity (Wildman–Crippen MR) is 67.7 cm³/mol. The average Bonchev–Trinajstić information content (AvgIpc) is 2.29. The Morgan fingerprint density at radius 2 is 2.06 bits per heavy atom. The van der Waals surface area contributed by atoms with Gasteiger partial charge in [-0.1, -0.05) is 0 Å². The van der Waals surface area contributed by atoms with Crippen LogP contribution >= 0.6 is 15.9 Å². The first kappa shape index (κ1) is 15.0. The molecule has 0 unspecified atom stereocenters. The summed E-state index contributed by atoms with van der Waals surface area (Å²) >= 11 is 3.27. The SMILES string of the molecule is CNc1ncc(Br)c(NCCCCC(F)(F)F)n1. The molecule has 0 fully saturated rings. The monoisotopic (exact) mass is 326 g/mol. The minimum Gasteiger partial charge on any atom is -0.369 e. The van der Waals surface area contributed by atoms with Crippen molar-refractivity contribution in [1.82, 2.24) is 9.97 Å². The number of hydrogen-bond acceptors (Lipinski definition) is 4. The first-order chi connectivity index (χ1) is 8.42. The van der Waals surface area contributed by atoms with Crippen molar-refractivity contribution < 1.29 is 13.2 Å². The summed E-state index contributed by atoms with van der Waals surface area (Å²) in [7, 11) is 1.69. The van der Waals surface area contributed by atoms with Crippen molar-refractivity contribution in [2.45, 2.75) is 25.4 Å². The summed E-state index contributed by atoms with van der Waals surface area (Å²) in [5, 5.41) is 5.75. The van der Waals surface area contributed by atoms with Crippen molar-refractivity contribution in [3.63, 3.8) is 0 Å². The van der Waals surface area contributed by atoms with Gasteiger partial charge in [0.25, 0.3) is 0 Å². The van der Waals surface area contributed by atoms with Crippen LogP contribution in [0.5, 0.6) is 0 Å². The van der Waals surface area contributed by atoms with Gasteiger partial charge in [-0.2, -0.15) is 18.2 Å². The van der Waals surface area contributed by atoms with E-state index < -0.39 is 12.6 Å². The number of rotatable bonds is 6. The van der Waals surface area contributed by atoms with E-state index in [1.165, 1.54) is 0 Å². The minimum absolute atomic E-state index is 0.109. The first-order valence-corrected chi connectivity index (χ1v) is 6.22. The van der Waals surface area contributed by atoms with Crippen LogP contribution in [0.4, 0.5) is 24.9 Å². The van der Waals surface area contributed by atoms with E-state index in [9.17, 15) is 13.2 Å². The Bertz CT molecular complexity index is 384. The van der Waals surface area contributed by atoms with Crippen LogP contribution in [-0.4, -0.2) is 29.7 Å². The highest BCUT2D eigenvalue weighted by atomic mass is 79.9. The summed E-state index contributed by atoms with van der Waals surface area (Å²) in [5.41, 5.74) is 0. The molecular formula is C10H14BrF3N4. The van der Waals surface area contributed by atoms with Gasteiger partial charge >= 0.3 is 6.18 Å². The third kappa shape index (κ3) is 5.52. The lowest BCUT2D eigenvalue weighted by Crippen LogP contribution is -2.10. The maximum absolute atomic E-state index is 11.9. The highest BCUT2D eigenvalue weighted by Crippen LogP contribution is 2.23. The molecule has 1 aromatic heterocycles. The van der Waals surface area contributed by atoms with E-state index in [0.717, 1.165) is 0 Å². The number of anilines is 2. The molecule has 0 spiro atoms. The van der Waals surface area contributed by atoms with Crippen molar-refractivity contribution in [2.24, 2.45) is 0 Å². The molecule has 0 amide bonds. The molecule has 0 aromatic carbocycles. The Labute approximate surface area is 112 Å². The van der Waals surface area contributed by atoms with Crippen molar-refractivity contribution in [3.8, 4) is 0 Å². The van der Waals surface area contributed by atoms with E-state index in [0.29, 0.717) is 29.2 Å². The Morgan fingerprint density at radius 3 is 2.67 bits per heavy atom. The van der Waals surface area contributed by atoms with E-state index in [-0.39, 0.29) is 6.42 Å². The highest BCUT2D eigenvalue weighted by Gasteiger charge is 2.25. The van der Waals surface area contributed by atoms with Crippen LogP contribution in [0.25, 0.3) is 0 Å². The van der Waals surface area contributed by atoms with Gasteiger partial charge in [0.05, 0.1) is 4.47 Å². The van der Waals surface area contributed by atoms with Gasteiger partial charge in [0, 0.05) is 26.2 Å². The lowest BCUT2D eigenvalue weighted by molar-refractivity contribution is -0.135. The number of aromatic nitrogens is 2. The third-order valence-corrected chi connectivity index (χ3v) is 2.73. The molecule has 1 rings (SSSR count). The molecule has 0 aliphatic rings. The van der Waals surface area contributed by atoms with Crippen LogP contribution in [0.1, 0.15) is 19.3 Å². The molecule has 0 aliphatic carbocycles. The maximum atomic E-state index is 11.9. The van der Waals surface area contributed by atoms with Crippen molar-refractivity contribution in [3.05, 3.63) is 10.7 Å². The standard InChI is InChI=1S/C10H14BrF3N4/c1-15-9-17-6-7(11)8(18-9)16-5-3-2-4-10(12,13)14/h6H,2-5H2,1H3,(H2,15,16,17,18). The fourth-order valence-electron chi connectivity index (χ4n) is 1.27. The van der Waals surface area contributed by atoms with Gasteiger partial charge in [-0.05, 0) is 28.8 Å². The summed E-state index contributed by atoms with van der Waals surface area (Å²) in [5.74, 6) is 1.03. The van der Waals surface area contributed by atoms with Crippen LogP contribution in [-0.2, 0) is 0 Å². The first-order valence-electron chi connectivity index (χ1n) is 5.43. The van der Waals surface area contributed by atoms with Crippen LogP contribution in [0.15, 0.2) is 10.7 Å². The number of nitrogens with one attached hydrogen (secondary N) is 2. The molecule has 8 heteroatoms. The second-order valence-corrected chi connectivity index (χ2v) is 4.49. The van der Waals surface area contributed by atoms with Crippen LogP contribution in [0, 0.1) is 0 Å². The van der Waals surface area contributed by atoms with Gasteiger partial charge in [-0.3, -0.25) is 0 Å². The molecule has 4 nitrogen and oxygen atoms in total. The normalized spacial score (nSPS) is 11.4. The van der Waals surface area contributed by atoms with E-state index in [1.54, 1.807) is 13.2 Å². The molecule has 2 N–H and O–H groups in total. The Balaban J connectivity index is 2.35. The fourth-order valence-corrected chi connectivity index (χ4v) is 1.60. The van der Waals surface area contributed by atoms with Crippen molar-refractivity contribution >= 4 is 27.7 Å². The summed E-state index contributed by atoms with van der Waals surface area (Å²) in [6.07, 6.45) is -2.70. The van der Waals surface area contributed by atoms with Gasteiger partial charge in [-0.25, -0.2) is 4.98 Å². The molecule has 0 saturated carbocycles. The van der Waals surface area contributed by atoms with Crippen LogP contribution in [0.2, 0.25) is 0 Å². The zero-order valence-electron chi connectivity index (χ0n) is 9.81. The zero-order chi connectivity index (χ0) is 13.6. The molecule has 0 atom stereocenters. The van der Waals surface area contributed by atoms with Crippen molar-refractivity contribution in [1.29, 1.82) is 0 Å². The Kier molecular flexibility index (Phi) is 5.64. The molecule has 1 heterocycles. The predicted octanol–water partition coefficient (Wildman–Crippen LogP) is 3.43. The van der Waals surface area contributed by atoms with E-state index in [1.807, 2.05) is 0 Å². The summed E-state index contributed by atoms with van der Waals surface area (Å²) in [6.45, 7) is 0.439. The highest BCUT2D eigenvalue weighted by molar-refractivity contribution is 9.10. The third-order valence-electron chi connectivity index (χ3n) is 2.15. The summed E-state index contributed by atoms with van der Waals surface area (Å²) in [4.78, 5) is 8.11. The molecular weight excluding hydrogens is 313 g/mol. The van der Waals surface area contributed by atoms with E-state index in [2.05, 4.69) is 36.5 Å². The van der Waals surface area contributed by atoms with Crippen LogP contribution in [0.3, 0.4) is 0 Å². The topological polar surface area (TPSA) is 49.8 Å². The lowest BCUT2D eigenvalue weighted by Gasteiger charge is -2.09. The van der Waals surface area contributed by atoms with E-state index in [4.69, 9.17) is 0 Å². The summed E-state index contributed by atoms with van der Waals surface area (Å²) in [6, 6.07) is 0. The second-order valence-electron chi connectivity index (χ2n) is 3.64. The smallest absolute Gasteiger partial charge is 0.369 e. The molecule has 0 aliphatic heterocycles. The molecule has 18 heavy (non-hydrogen) atoms. The zero-order valence-corrected chi connectivity index (χ0v) is 11.4.